The molecule has 1 aliphatic carbocycles. The van der Waals surface area contributed by atoms with Crippen LogP contribution in [0.15, 0.2) is 24.3 Å². The van der Waals surface area contributed by atoms with Crippen molar-refractivity contribution in [2.24, 2.45) is 11.8 Å². The topological polar surface area (TPSA) is 104 Å². The van der Waals surface area contributed by atoms with Gasteiger partial charge >= 0.3 is 5.97 Å². The number of hydrogen-bond donors (Lipinski definition) is 2. The Kier molecular flexibility index (Phi) is 5.35. The molecule has 2 atom stereocenters. The Hall–Kier alpha value is -2.70. The minimum Gasteiger partial charge on any atom is -0.481 e. The molecule has 0 radical (unpaired) electrons. The molecule has 2 aliphatic rings. The Labute approximate surface area is 151 Å². The van der Waals surface area contributed by atoms with Gasteiger partial charge in [-0.05, 0) is 44.2 Å². The van der Waals surface area contributed by atoms with E-state index in [-0.39, 0.29) is 23.6 Å². The maximum absolute atomic E-state index is 12.2. The summed E-state index contributed by atoms with van der Waals surface area (Å²) in [6.45, 7) is 0.781. The summed E-state index contributed by atoms with van der Waals surface area (Å²) in [5.74, 6) is -2.11. The minimum atomic E-state index is -0.832. The van der Waals surface area contributed by atoms with Crippen LogP contribution in [0.3, 0.4) is 0 Å². The summed E-state index contributed by atoms with van der Waals surface area (Å²) < 4.78 is 0. The Morgan fingerprint density at radius 1 is 1.04 bits per heavy atom. The van der Waals surface area contributed by atoms with Crippen LogP contribution >= 0.6 is 0 Å². The second-order valence-corrected chi connectivity index (χ2v) is 6.85. The van der Waals surface area contributed by atoms with Crippen LogP contribution in [0.5, 0.6) is 0 Å². The lowest BCUT2D eigenvalue weighted by Crippen LogP contribution is -2.33. The van der Waals surface area contributed by atoms with Crippen LogP contribution in [0.25, 0.3) is 0 Å². The van der Waals surface area contributed by atoms with Crippen molar-refractivity contribution in [3.8, 4) is 0 Å². The van der Waals surface area contributed by atoms with E-state index in [4.69, 9.17) is 5.11 Å². The van der Waals surface area contributed by atoms with Gasteiger partial charge in [0.15, 0.2) is 0 Å². The fourth-order valence-electron chi connectivity index (χ4n) is 3.64. The number of aliphatic carboxylic acids is 1. The molecule has 0 spiro atoms. The summed E-state index contributed by atoms with van der Waals surface area (Å²) in [4.78, 5) is 48.7. The van der Waals surface area contributed by atoms with Crippen LogP contribution in [0, 0.1) is 11.8 Å². The second-order valence-electron chi connectivity index (χ2n) is 6.85. The van der Waals surface area contributed by atoms with E-state index < -0.39 is 11.9 Å². The zero-order valence-corrected chi connectivity index (χ0v) is 14.4. The molecule has 3 rings (SSSR count). The molecule has 138 valence electrons. The highest BCUT2D eigenvalue weighted by atomic mass is 16.4. The molecule has 3 amide bonds. The lowest BCUT2D eigenvalue weighted by atomic mass is 10.0. The van der Waals surface area contributed by atoms with E-state index in [0.29, 0.717) is 56.3 Å². The molecule has 0 unspecified atom stereocenters. The summed E-state index contributed by atoms with van der Waals surface area (Å²) in [7, 11) is 0. The number of fused-ring (bicyclic) bond motifs is 1. The van der Waals surface area contributed by atoms with Gasteiger partial charge in [0.25, 0.3) is 11.8 Å². The number of unbranched alkanes of at least 4 members (excludes halogenated alkanes) is 1. The number of benzene rings is 1. The maximum atomic E-state index is 12.2. The molecule has 1 heterocycles. The van der Waals surface area contributed by atoms with Gasteiger partial charge in [-0.1, -0.05) is 12.1 Å². The third-order valence-electron chi connectivity index (χ3n) is 5.14. The first kappa shape index (κ1) is 18.1. The standard InChI is InChI=1S/C19H22N2O5/c22-16(12-7-8-13(11-12)19(25)26)20-9-3-4-10-21-17(23)14-5-1-2-6-15(14)18(21)24/h1-2,5-6,12-13H,3-4,7-11H2,(H,20,22)(H,25,26)/t12-,13+/m0/s1. The molecule has 0 aromatic heterocycles. The predicted molar refractivity (Wildman–Crippen MR) is 92.5 cm³/mol. The number of nitrogens with zero attached hydrogens (tertiary/aromatic N) is 1. The summed E-state index contributed by atoms with van der Waals surface area (Å²) in [6.07, 6.45) is 2.81. The summed E-state index contributed by atoms with van der Waals surface area (Å²) in [5.41, 5.74) is 0.889. The molecular formula is C19H22N2O5. The van der Waals surface area contributed by atoms with E-state index >= 15 is 0 Å². The molecule has 1 saturated carbocycles. The third-order valence-corrected chi connectivity index (χ3v) is 5.14. The van der Waals surface area contributed by atoms with Crippen LogP contribution in [-0.4, -0.2) is 46.8 Å². The lowest BCUT2D eigenvalue weighted by molar-refractivity contribution is -0.141. The number of carboxylic acids is 1. The number of carbonyl (C=O) groups excluding carboxylic acids is 3. The van der Waals surface area contributed by atoms with Crippen molar-refractivity contribution < 1.29 is 24.3 Å². The molecule has 1 aromatic rings. The van der Waals surface area contributed by atoms with Gasteiger partial charge < -0.3 is 10.4 Å². The third kappa shape index (κ3) is 3.61. The smallest absolute Gasteiger partial charge is 0.306 e. The average molecular weight is 358 g/mol. The molecule has 7 nitrogen and oxygen atoms in total. The van der Waals surface area contributed by atoms with Gasteiger partial charge in [0.05, 0.1) is 17.0 Å². The first-order valence-corrected chi connectivity index (χ1v) is 8.94. The van der Waals surface area contributed by atoms with E-state index in [1.165, 1.54) is 4.90 Å². The molecule has 0 bridgehead atoms. The fraction of sp³-hybridized carbons (Fsp3) is 0.474. The summed E-state index contributed by atoms with van der Waals surface area (Å²) in [6, 6.07) is 6.78. The number of nitrogens with one attached hydrogen (secondary N) is 1. The summed E-state index contributed by atoms with van der Waals surface area (Å²) >= 11 is 0. The molecule has 26 heavy (non-hydrogen) atoms. The Balaban J connectivity index is 1.38. The number of carboxylic acid groups (broad SMARTS) is 1. The van der Waals surface area contributed by atoms with Crippen molar-refractivity contribution in [2.45, 2.75) is 32.1 Å². The van der Waals surface area contributed by atoms with Crippen molar-refractivity contribution in [2.75, 3.05) is 13.1 Å². The molecule has 1 fully saturated rings. The van der Waals surface area contributed by atoms with Crippen molar-refractivity contribution in [3.05, 3.63) is 35.4 Å². The van der Waals surface area contributed by atoms with Gasteiger partial charge in [-0.3, -0.25) is 24.1 Å². The number of rotatable bonds is 7. The molecular weight excluding hydrogens is 336 g/mol. The lowest BCUT2D eigenvalue weighted by Gasteiger charge is -2.14. The van der Waals surface area contributed by atoms with Crippen LogP contribution < -0.4 is 5.32 Å². The van der Waals surface area contributed by atoms with Gasteiger partial charge in [0.2, 0.25) is 5.91 Å². The van der Waals surface area contributed by atoms with Crippen molar-refractivity contribution >= 4 is 23.7 Å². The molecule has 1 aromatic carbocycles. The SMILES string of the molecule is O=C(O)[C@@H]1CC[C@H](C(=O)NCCCCN2C(=O)c3ccccc3C2=O)C1. The normalized spacial score (nSPS) is 21.8. The Morgan fingerprint density at radius 3 is 2.23 bits per heavy atom. The Morgan fingerprint density at radius 2 is 1.65 bits per heavy atom. The number of amides is 3. The number of carbonyl (C=O) groups is 4. The zero-order chi connectivity index (χ0) is 18.7. The first-order valence-electron chi connectivity index (χ1n) is 8.94. The quantitative estimate of drug-likeness (QED) is 0.570. The van der Waals surface area contributed by atoms with E-state index in [9.17, 15) is 19.2 Å². The highest BCUT2D eigenvalue weighted by molar-refractivity contribution is 6.21. The van der Waals surface area contributed by atoms with Gasteiger partial charge in [-0.25, -0.2) is 0 Å². The second kappa shape index (κ2) is 7.68. The van der Waals surface area contributed by atoms with Gasteiger partial charge in [0.1, 0.15) is 0 Å². The predicted octanol–water partition coefficient (Wildman–Crippen LogP) is 1.68. The zero-order valence-electron chi connectivity index (χ0n) is 14.4. The molecule has 7 heteroatoms. The minimum absolute atomic E-state index is 0.102. The van der Waals surface area contributed by atoms with Crippen molar-refractivity contribution in [1.29, 1.82) is 0 Å². The highest BCUT2D eigenvalue weighted by Gasteiger charge is 2.35. The van der Waals surface area contributed by atoms with Crippen LogP contribution in [0.2, 0.25) is 0 Å². The van der Waals surface area contributed by atoms with Crippen LogP contribution in [0.1, 0.15) is 52.8 Å². The van der Waals surface area contributed by atoms with Crippen molar-refractivity contribution in [1.82, 2.24) is 10.2 Å². The van der Waals surface area contributed by atoms with Gasteiger partial charge in [0, 0.05) is 19.0 Å². The molecule has 0 saturated heterocycles. The van der Waals surface area contributed by atoms with E-state index in [1.54, 1.807) is 24.3 Å². The Bertz CT molecular complexity index is 710. The fourth-order valence-corrected chi connectivity index (χ4v) is 3.64. The summed E-state index contributed by atoms with van der Waals surface area (Å²) in [5, 5.41) is 11.8. The van der Waals surface area contributed by atoms with Gasteiger partial charge in [-0.15, -0.1) is 0 Å². The molecule has 2 N–H and O–H groups in total. The number of hydrogen-bond acceptors (Lipinski definition) is 4. The van der Waals surface area contributed by atoms with Crippen LogP contribution in [-0.2, 0) is 9.59 Å². The first-order chi connectivity index (χ1) is 12.5. The monoisotopic (exact) mass is 358 g/mol. The highest BCUT2D eigenvalue weighted by Crippen LogP contribution is 2.31. The average Bonchev–Trinajstić information content (AvgIpc) is 3.21. The largest absolute Gasteiger partial charge is 0.481 e. The molecule has 1 aliphatic heterocycles. The van der Waals surface area contributed by atoms with Gasteiger partial charge in [-0.2, -0.15) is 0 Å². The van der Waals surface area contributed by atoms with E-state index in [2.05, 4.69) is 5.32 Å². The van der Waals surface area contributed by atoms with E-state index in [0.717, 1.165) is 0 Å². The van der Waals surface area contributed by atoms with Crippen LogP contribution in [0.4, 0.5) is 0 Å². The maximum Gasteiger partial charge on any atom is 0.306 e. The van der Waals surface area contributed by atoms with E-state index in [1.807, 2.05) is 0 Å². The van der Waals surface area contributed by atoms with Crippen molar-refractivity contribution in [3.63, 3.8) is 0 Å². The number of imide groups is 1.